The van der Waals surface area contributed by atoms with Gasteiger partial charge in [-0.05, 0) is 86.9 Å². The highest BCUT2D eigenvalue weighted by Crippen LogP contribution is 2.46. The van der Waals surface area contributed by atoms with Crippen LogP contribution in [-0.4, -0.2) is 31.1 Å². The van der Waals surface area contributed by atoms with E-state index in [-0.39, 0.29) is 5.54 Å². The molecule has 0 amide bonds. The van der Waals surface area contributed by atoms with E-state index in [1.807, 2.05) is 12.1 Å². The van der Waals surface area contributed by atoms with E-state index in [2.05, 4.69) is 41.3 Å². The van der Waals surface area contributed by atoms with Crippen molar-refractivity contribution in [3.8, 4) is 11.8 Å². The Morgan fingerprint density at radius 3 is 2.23 bits per heavy atom. The van der Waals surface area contributed by atoms with E-state index >= 15 is 0 Å². The van der Waals surface area contributed by atoms with Gasteiger partial charge in [0.2, 0.25) is 0 Å². The summed E-state index contributed by atoms with van der Waals surface area (Å²) in [5, 5.41) is 8.88. The maximum Gasteiger partial charge on any atom is 0.119 e. The lowest BCUT2D eigenvalue weighted by Gasteiger charge is -2.46. The highest BCUT2D eigenvalue weighted by molar-refractivity contribution is 5.34. The Morgan fingerprint density at radius 2 is 1.58 bits per heavy atom. The summed E-state index contributed by atoms with van der Waals surface area (Å²) >= 11 is 0. The number of likely N-dealkylation sites (tertiary alicyclic amines) is 1. The number of nitrogens with two attached hydrogens (primary N) is 1. The van der Waals surface area contributed by atoms with E-state index in [4.69, 9.17) is 15.7 Å². The molecule has 1 saturated heterocycles. The fourth-order valence-corrected chi connectivity index (χ4v) is 5.67. The second kappa shape index (κ2) is 10.3. The number of hydrogen-bond acceptors (Lipinski definition) is 4. The minimum atomic E-state index is -0.178. The smallest absolute Gasteiger partial charge is 0.119 e. The number of rotatable bonds is 8. The summed E-state index contributed by atoms with van der Waals surface area (Å²) in [6.07, 6.45) is 8.58. The van der Waals surface area contributed by atoms with E-state index in [1.54, 1.807) is 12.1 Å². The Labute approximate surface area is 187 Å². The van der Waals surface area contributed by atoms with E-state index in [1.165, 1.54) is 44.1 Å². The van der Waals surface area contributed by atoms with Crippen molar-refractivity contribution in [3.05, 3.63) is 65.7 Å². The van der Waals surface area contributed by atoms with Crippen LogP contribution in [0.4, 0.5) is 0 Å². The van der Waals surface area contributed by atoms with Gasteiger partial charge in [0.25, 0.3) is 0 Å². The minimum Gasteiger partial charge on any atom is -0.494 e. The van der Waals surface area contributed by atoms with Crippen LogP contribution in [0.1, 0.15) is 56.1 Å². The zero-order chi connectivity index (χ0) is 21.5. The molecule has 1 atom stereocenters. The lowest BCUT2D eigenvalue weighted by Crippen LogP contribution is -2.53. The third-order valence-electron chi connectivity index (χ3n) is 7.44. The third-order valence-corrected chi connectivity index (χ3v) is 7.44. The summed E-state index contributed by atoms with van der Waals surface area (Å²) in [6, 6.07) is 20.4. The minimum absolute atomic E-state index is 0.178. The average molecular weight is 418 g/mol. The van der Waals surface area contributed by atoms with Crippen LogP contribution >= 0.6 is 0 Å². The van der Waals surface area contributed by atoms with Gasteiger partial charge in [-0.1, -0.05) is 43.2 Å². The Morgan fingerprint density at radius 1 is 0.935 bits per heavy atom. The molecule has 1 saturated carbocycles. The quantitative estimate of drug-likeness (QED) is 0.608. The Bertz CT molecular complexity index is 846. The molecule has 2 aromatic carbocycles. The zero-order valence-electron chi connectivity index (χ0n) is 18.5. The molecule has 1 heterocycles. The molecule has 0 radical (unpaired) electrons. The molecule has 0 bridgehead atoms. The fourth-order valence-electron chi connectivity index (χ4n) is 5.67. The van der Waals surface area contributed by atoms with Crippen molar-refractivity contribution in [1.82, 2.24) is 4.90 Å². The standard InChI is InChI=1S/C27H35N3O/c28-21-22-11-13-26(14-12-22)31-20-6-17-30-18-15-25(16-19-30)27(29,24-9-4-5-10-24)23-7-2-1-3-8-23/h1-3,7-8,11-14,24-25H,4-6,9-10,15-20,29H2/t27-/m1/s1. The first-order chi connectivity index (χ1) is 15.2. The summed E-state index contributed by atoms with van der Waals surface area (Å²) in [7, 11) is 0. The summed E-state index contributed by atoms with van der Waals surface area (Å²) in [4.78, 5) is 2.57. The van der Waals surface area contributed by atoms with Gasteiger partial charge in [-0.3, -0.25) is 0 Å². The van der Waals surface area contributed by atoms with Crippen molar-refractivity contribution in [2.45, 2.75) is 50.5 Å². The maximum atomic E-state index is 8.88. The van der Waals surface area contributed by atoms with Gasteiger partial charge in [0, 0.05) is 12.1 Å². The number of nitriles is 1. The highest BCUT2D eigenvalue weighted by Gasteiger charge is 2.45. The molecule has 2 aromatic rings. The third kappa shape index (κ3) is 5.11. The number of benzene rings is 2. The normalized spacial score (nSPS) is 20.3. The topological polar surface area (TPSA) is 62.3 Å². The summed E-state index contributed by atoms with van der Waals surface area (Å²) < 4.78 is 5.84. The first-order valence-electron chi connectivity index (χ1n) is 11.9. The molecule has 4 nitrogen and oxygen atoms in total. The predicted molar refractivity (Wildman–Crippen MR) is 125 cm³/mol. The van der Waals surface area contributed by atoms with Crippen LogP contribution in [0.25, 0.3) is 0 Å². The highest BCUT2D eigenvalue weighted by atomic mass is 16.5. The van der Waals surface area contributed by atoms with Gasteiger partial charge in [0.1, 0.15) is 5.75 Å². The van der Waals surface area contributed by atoms with Gasteiger partial charge >= 0.3 is 0 Å². The Balaban J connectivity index is 1.27. The monoisotopic (exact) mass is 417 g/mol. The number of ether oxygens (including phenoxy) is 1. The second-order valence-electron chi connectivity index (χ2n) is 9.23. The van der Waals surface area contributed by atoms with Gasteiger partial charge in [0.05, 0.1) is 18.2 Å². The molecule has 31 heavy (non-hydrogen) atoms. The molecular weight excluding hydrogens is 382 g/mol. The van der Waals surface area contributed by atoms with Gasteiger partial charge in [-0.15, -0.1) is 0 Å². The van der Waals surface area contributed by atoms with Gasteiger partial charge in [-0.2, -0.15) is 5.26 Å². The van der Waals surface area contributed by atoms with Crippen LogP contribution < -0.4 is 10.5 Å². The molecule has 164 valence electrons. The van der Waals surface area contributed by atoms with Crippen molar-refractivity contribution in [3.63, 3.8) is 0 Å². The number of nitrogens with zero attached hydrogens (tertiary/aromatic N) is 2. The molecule has 0 unspecified atom stereocenters. The largest absolute Gasteiger partial charge is 0.494 e. The van der Waals surface area contributed by atoms with Gasteiger partial charge in [0.15, 0.2) is 0 Å². The van der Waals surface area contributed by atoms with Crippen molar-refractivity contribution in [2.24, 2.45) is 17.6 Å². The van der Waals surface area contributed by atoms with Crippen LogP contribution in [0, 0.1) is 23.2 Å². The van der Waals surface area contributed by atoms with Crippen molar-refractivity contribution in [2.75, 3.05) is 26.2 Å². The fraction of sp³-hybridized carbons (Fsp3) is 0.519. The molecule has 0 spiro atoms. The first kappa shape index (κ1) is 21.9. The second-order valence-corrected chi connectivity index (χ2v) is 9.23. The molecule has 1 aliphatic carbocycles. The molecule has 2 N–H and O–H groups in total. The molecule has 4 rings (SSSR count). The van der Waals surface area contributed by atoms with Crippen molar-refractivity contribution in [1.29, 1.82) is 5.26 Å². The van der Waals surface area contributed by atoms with E-state index < -0.39 is 0 Å². The van der Waals surface area contributed by atoms with Crippen molar-refractivity contribution < 1.29 is 4.74 Å². The Kier molecular flexibility index (Phi) is 7.27. The molecule has 2 aliphatic rings. The van der Waals surface area contributed by atoms with Gasteiger partial charge < -0.3 is 15.4 Å². The number of hydrogen-bond donors (Lipinski definition) is 1. The van der Waals surface area contributed by atoms with Crippen LogP contribution in [0.15, 0.2) is 54.6 Å². The van der Waals surface area contributed by atoms with Crippen molar-refractivity contribution >= 4 is 0 Å². The summed E-state index contributed by atoms with van der Waals surface area (Å²) in [5.74, 6) is 2.02. The predicted octanol–water partition coefficient (Wildman–Crippen LogP) is 5.08. The molecular formula is C27H35N3O. The first-order valence-corrected chi connectivity index (χ1v) is 11.9. The molecule has 0 aromatic heterocycles. The van der Waals surface area contributed by atoms with Crippen LogP contribution in [0.3, 0.4) is 0 Å². The molecule has 2 fully saturated rings. The van der Waals surface area contributed by atoms with Crippen LogP contribution in [0.5, 0.6) is 5.75 Å². The lowest BCUT2D eigenvalue weighted by molar-refractivity contribution is 0.0875. The van der Waals surface area contributed by atoms with Gasteiger partial charge in [-0.25, -0.2) is 0 Å². The molecule has 1 aliphatic heterocycles. The summed E-state index contributed by atoms with van der Waals surface area (Å²) in [5.41, 5.74) is 9.12. The van der Waals surface area contributed by atoms with E-state index in [9.17, 15) is 0 Å². The zero-order valence-corrected chi connectivity index (χ0v) is 18.5. The van der Waals surface area contributed by atoms with Crippen LogP contribution in [-0.2, 0) is 5.54 Å². The molecule has 4 heteroatoms. The maximum absolute atomic E-state index is 8.88. The summed E-state index contributed by atoms with van der Waals surface area (Å²) in [6.45, 7) is 4.02. The van der Waals surface area contributed by atoms with E-state index in [0.717, 1.165) is 31.8 Å². The average Bonchev–Trinajstić information content (AvgIpc) is 3.38. The van der Waals surface area contributed by atoms with Crippen LogP contribution in [0.2, 0.25) is 0 Å². The lowest BCUT2D eigenvalue weighted by atomic mass is 9.66. The Hall–Kier alpha value is -2.35. The number of piperidine rings is 1. The SMILES string of the molecule is N#Cc1ccc(OCCCN2CCC([C@@](N)(c3ccccc3)C3CCCC3)CC2)cc1. The van der Waals surface area contributed by atoms with E-state index in [0.29, 0.717) is 24.0 Å².